The number of aromatic nitrogens is 2. The molecular weight excluding hydrogens is 232 g/mol. The maximum absolute atomic E-state index is 11.5. The number of nitrogens with one attached hydrogen (secondary N) is 1. The average molecular weight is 252 g/mol. The Morgan fingerprint density at radius 2 is 2.28 bits per heavy atom. The van der Waals surface area contributed by atoms with Crippen LogP contribution in [0.1, 0.15) is 13.8 Å². The highest BCUT2D eigenvalue weighted by molar-refractivity contribution is 5.78. The van der Waals surface area contributed by atoms with Gasteiger partial charge in [0.15, 0.2) is 0 Å². The van der Waals surface area contributed by atoms with Crippen molar-refractivity contribution in [3.63, 3.8) is 0 Å². The van der Waals surface area contributed by atoms with E-state index in [0.29, 0.717) is 19.0 Å². The summed E-state index contributed by atoms with van der Waals surface area (Å²) in [6.07, 6.45) is 1.46. The van der Waals surface area contributed by atoms with E-state index in [1.54, 1.807) is 13.1 Å². The van der Waals surface area contributed by atoms with Gasteiger partial charge in [0.1, 0.15) is 12.1 Å². The van der Waals surface area contributed by atoms with Gasteiger partial charge in [0.05, 0.1) is 12.5 Å². The fourth-order valence-electron chi connectivity index (χ4n) is 1.60. The number of anilines is 1. The summed E-state index contributed by atoms with van der Waals surface area (Å²) >= 11 is 0. The Morgan fingerprint density at radius 1 is 1.56 bits per heavy atom. The summed E-state index contributed by atoms with van der Waals surface area (Å²) in [6.45, 7) is 4.93. The molecule has 100 valence electrons. The van der Waals surface area contributed by atoms with Crippen molar-refractivity contribution < 1.29 is 9.53 Å². The molecule has 1 atom stereocenters. The maximum atomic E-state index is 11.5. The Kier molecular flexibility index (Phi) is 5.35. The summed E-state index contributed by atoms with van der Waals surface area (Å²) in [6, 6.07) is 1.76. The minimum absolute atomic E-state index is 0.0148. The highest BCUT2D eigenvalue weighted by Crippen LogP contribution is 2.15. The molecule has 0 aromatic carbocycles. The van der Waals surface area contributed by atoms with E-state index >= 15 is 0 Å². The van der Waals surface area contributed by atoms with Gasteiger partial charge in [-0.15, -0.1) is 0 Å². The number of carbonyl (C=O) groups is 1. The van der Waals surface area contributed by atoms with Crippen molar-refractivity contribution in [1.82, 2.24) is 15.3 Å². The normalized spacial score (nSPS) is 11.8. The lowest BCUT2D eigenvalue weighted by molar-refractivity contribution is -0.123. The summed E-state index contributed by atoms with van der Waals surface area (Å²) in [5.74, 6) is 1.19. The zero-order valence-electron chi connectivity index (χ0n) is 11.3. The maximum Gasteiger partial charge on any atom is 0.224 e. The molecule has 1 aromatic rings. The third-order valence-corrected chi connectivity index (χ3v) is 2.55. The lowest BCUT2D eigenvalue weighted by Crippen LogP contribution is -2.34. The van der Waals surface area contributed by atoms with Crippen LogP contribution in [0.2, 0.25) is 0 Å². The second-order valence-corrected chi connectivity index (χ2v) is 4.04. The Bertz CT molecular complexity index is 397. The standard InChI is InChI=1S/C12H20N4O2/c1-5-18-11-6-10(14-8-15-11)16(4)7-9(2)12(17)13-3/h6,8-9H,5,7H2,1-4H3,(H,13,17). The number of ether oxygens (including phenoxy) is 1. The zero-order valence-corrected chi connectivity index (χ0v) is 11.3. The van der Waals surface area contributed by atoms with Crippen molar-refractivity contribution >= 4 is 11.7 Å². The minimum atomic E-state index is -0.106. The van der Waals surface area contributed by atoms with Gasteiger partial charge < -0.3 is 15.0 Å². The molecule has 1 heterocycles. The Morgan fingerprint density at radius 3 is 2.89 bits per heavy atom. The molecule has 1 N–H and O–H groups in total. The molecule has 0 aliphatic rings. The largest absolute Gasteiger partial charge is 0.478 e. The van der Waals surface area contributed by atoms with E-state index < -0.39 is 0 Å². The van der Waals surface area contributed by atoms with Gasteiger partial charge in [0, 0.05) is 26.7 Å². The van der Waals surface area contributed by atoms with Crippen LogP contribution in [-0.4, -0.2) is 43.1 Å². The van der Waals surface area contributed by atoms with Crippen LogP contribution in [-0.2, 0) is 4.79 Å². The number of amides is 1. The summed E-state index contributed by atoms with van der Waals surface area (Å²) in [7, 11) is 3.52. The number of hydrogen-bond donors (Lipinski definition) is 1. The molecule has 6 heteroatoms. The molecule has 0 radical (unpaired) electrons. The minimum Gasteiger partial charge on any atom is -0.478 e. The predicted octanol–water partition coefficient (Wildman–Crippen LogP) is 0.694. The smallest absolute Gasteiger partial charge is 0.224 e. The summed E-state index contributed by atoms with van der Waals surface area (Å²) < 4.78 is 5.31. The van der Waals surface area contributed by atoms with Gasteiger partial charge in [0.25, 0.3) is 0 Å². The van der Waals surface area contributed by atoms with Crippen LogP contribution < -0.4 is 15.0 Å². The van der Waals surface area contributed by atoms with Gasteiger partial charge in [-0.2, -0.15) is 0 Å². The quantitative estimate of drug-likeness (QED) is 0.807. The van der Waals surface area contributed by atoms with E-state index in [0.717, 1.165) is 5.82 Å². The van der Waals surface area contributed by atoms with Crippen molar-refractivity contribution in [2.75, 3.05) is 32.1 Å². The van der Waals surface area contributed by atoms with Crippen LogP contribution in [0, 0.1) is 5.92 Å². The lowest BCUT2D eigenvalue weighted by Gasteiger charge is -2.21. The first-order valence-corrected chi connectivity index (χ1v) is 5.96. The Balaban J connectivity index is 2.68. The van der Waals surface area contributed by atoms with Crippen LogP contribution in [0.4, 0.5) is 5.82 Å². The Labute approximate surface area is 107 Å². The van der Waals surface area contributed by atoms with E-state index in [2.05, 4.69) is 15.3 Å². The van der Waals surface area contributed by atoms with Crippen molar-refractivity contribution in [2.24, 2.45) is 5.92 Å². The van der Waals surface area contributed by atoms with Gasteiger partial charge in [-0.25, -0.2) is 9.97 Å². The fourth-order valence-corrected chi connectivity index (χ4v) is 1.60. The molecule has 1 amide bonds. The van der Waals surface area contributed by atoms with E-state index in [4.69, 9.17) is 4.74 Å². The highest BCUT2D eigenvalue weighted by atomic mass is 16.5. The molecule has 0 spiro atoms. The molecule has 0 saturated heterocycles. The number of carbonyl (C=O) groups excluding carboxylic acids is 1. The summed E-state index contributed by atoms with van der Waals surface area (Å²) in [4.78, 5) is 21.5. The van der Waals surface area contributed by atoms with Gasteiger partial charge in [-0.1, -0.05) is 6.92 Å². The van der Waals surface area contributed by atoms with Crippen molar-refractivity contribution in [1.29, 1.82) is 0 Å². The second-order valence-electron chi connectivity index (χ2n) is 4.04. The van der Waals surface area contributed by atoms with Crippen LogP contribution in [0.3, 0.4) is 0 Å². The molecule has 18 heavy (non-hydrogen) atoms. The van der Waals surface area contributed by atoms with Crippen molar-refractivity contribution in [3.8, 4) is 5.88 Å². The van der Waals surface area contributed by atoms with E-state index in [-0.39, 0.29) is 11.8 Å². The molecule has 0 bridgehead atoms. The average Bonchev–Trinajstić information content (AvgIpc) is 2.38. The molecule has 1 unspecified atom stereocenters. The third kappa shape index (κ3) is 3.87. The third-order valence-electron chi connectivity index (χ3n) is 2.55. The van der Waals surface area contributed by atoms with E-state index in [1.165, 1.54) is 6.33 Å². The second kappa shape index (κ2) is 6.78. The molecule has 6 nitrogen and oxygen atoms in total. The highest BCUT2D eigenvalue weighted by Gasteiger charge is 2.15. The molecule has 0 fully saturated rings. The van der Waals surface area contributed by atoms with Crippen LogP contribution in [0.5, 0.6) is 5.88 Å². The van der Waals surface area contributed by atoms with Crippen LogP contribution >= 0.6 is 0 Å². The van der Waals surface area contributed by atoms with Gasteiger partial charge in [0.2, 0.25) is 11.8 Å². The molecule has 0 aliphatic heterocycles. The van der Waals surface area contributed by atoms with Crippen LogP contribution in [0.25, 0.3) is 0 Å². The number of rotatable bonds is 6. The fraction of sp³-hybridized carbons (Fsp3) is 0.583. The summed E-state index contributed by atoms with van der Waals surface area (Å²) in [5.41, 5.74) is 0. The van der Waals surface area contributed by atoms with Gasteiger partial charge >= 0.3 is 0 Å². The topological polar surface area (TPSA) is 67.3 Å². The zero-order chi connectivity index (χ0) is 13.5. The molecule has 0 saturated carbocycles. The predicted molar refractivity (Wildman–Crippen MR) is 69.7 cm³/mol. The number of hydrogen-bond acceptors (Lipinski definition) is 5. The number of nitrogens with zero attached hydrogens (tertiary/aromatic N) is 3. The first-order valence-electron chi connectivity index (χ1n) is 5.96. The van der Waals surface area contributed by atoms with Crippen LogP contribution in [0.15, 0.2) is 12.4 Å². The monoisotopic (exact) mass is 252 g/mol. The first kappa shape index (κ1) is 14.2. The Hall–Kier alpha value is -1.85. The molecule has 1 aromatic heterocycles. The molecular formula is C12H20N4O2. The lowest BCUT2D eigenvalue weighted by atomic mass is 10.1. The van der Waals surface area contributed by atoms with Gasteiger partial charge in [-0.3, -0.25) is 4.79 Å². The van der Waals surface area contributed by atoms with E-state index in [9.17, 15) is 4.79 Å². The molecule has 1 rings (SSSR count). The summed E-state index contributed by atoms with van der Waals surface area (Å²) in [5, 5.41) is 2.63. The van der Waals surface area contributed by atoms with Gasteiger partial charge in [-0.05, 0) is 6.92 Å². The first-order chi connectivity index (χ1) is 8.58. The van der Waals surface area contributed by atoms with E-state index in [1.807, 2.05) is 25.8 Å². The SMILES string of the molecule is CCOc1cc(N(C)CC(C)C(=O)NC)ncn1. The van der Waals surface area contributed by atoms with Crippen molar-refractivity contribution in [3.05, 3.63) is 12.4 Å². The molecule has 0 aliphatic carbocycles. The van der Waals surface area contributed by atoms with Crippen molar-refractivity contribution in [2.45, 2.75) is 13.8 Å².